The van der Waals surface area contributed by atoms with Crippen molar-refractivity contribution in [2.75, 3.05) is 13.1 Å². The van der Waals surface area contributed by atoms with Gasteiger partial charge in [0.05, 0.1) is 6.54 Å². The predicted molar refractivity (Wildman–Crippen MR) is 99.6 cm³/mol. The van der Waals surface area contributed by atoms with E-state index in [0.717, 1.165) is 25.7 Å². The van der Waals surface area contributed by atoms with Crippen LogP contribution in [0.4, 0.5) is 13.2 Å². The van der Waals surface area contributed by atoms with Crippen LogP contribution in [0.3, 0.4) is 0 Å². The van der Waals surface area contributed by atoms with Crippen molar-refractivity contribution in [2.45, 2.75) is 63.3 Å². The second-order valence-corrected chi connectivity index (χ2v) is 8.16. The summed E-state index contributed by atoms with van der Waals surface area (Å²) >= 11 is 0. The number of hydrogen-bond donors (Lipinski definition) is 1. The van der Waals surface area contributed by atoms with Crippen molar-refractivity contribution in [2.24, 2.45) is 5.73 Å². The molecule has 0 amide bonds. The quantitative estimate of drug-likeness (QED) is 0.870. The number of hydrogen-bond acceptors (Lipinski definition) is 4. The molecule has 0 spiro atoms. The fourth-order valence-electron chi connectivity index (χ4n) is 4.88. The van der Waals surface area contributed by atoms with Crippen molar-refractivity contribution in [1.82, 2.24) is 19.7 Å². The summed E-state index contributed by atoms with van der Waals surface area (Å²) in [6.45, 7) is 3.92. The highest BCUT2D eigenvalue weighted by Crippen LogP contribution is 2.41. The highest BCUT2D eigenvalue weighted by Gasteiger charge is 2.42. The average Bonchev–Trinajstić information content (AvgIpc) is 3.11. The minimum atomic E-state index is -4.46. The summed E-state index contributed by atoms with van der Waals surface area (Å²) in [7, 11) is 0. The van der Waals surface area contributed by atoms with E-state index in [1.807, 2.05) is 0 Å². The Kier molecular flexibility index (Phi) is 4.95. The van der Waals surface area contributed by atoms with E-state index >= 15 is 0 Å². The third-order valence-electron chi connectivity index (χ3n) is 6.39. The molecule has 0 radical (unpaired) electrons. The number of alkyl halides is 3. The minimum Gasteiger partial charge on any atom is -0.330 e. The molecule has 1 aliphatic heterocycles. The third kappa shape index (κ3) is 3.43. The smallest absolute Gasteiger partial charge is 0.330 e. The molecule has 2 aromatic rings. The maximum absolute atomic E-state index is 13.1. The Morgan fingerprint density at radius 1 is 1.25 bits per heavy atom. The van der Waals surface area contributed by atoms with Gasteiger partial charge in [-0.25, -0.2) is 0 Å². The van der Waals surface area contributed by atoms with Gasteiger partial charge in [-0.2, -0.15) is 13.2 Å². The van der Waals surface area contributed by atoms with E-state index in [1.54, 1.807) is 0 Å². The third-order valence-corrected chi connectivity index (χ3v) is 6.39. The summed E-state index contributed by atoms with van der Waals surface area (Å²) in [5, 5.41) is 7.21. The van der Waals surface area contributed by atoms with Gasteiger partial charge in [0.1, 0.15) is 5.82 Å². The molecule has 2 aliphatic rings. The van der Waals surface area contributed by atoms with Gasteiger partial charge in [0.25, 0.3) is 0 Å². The van der Waals surface area contributed by atoms with Gasteiger partial charge >= 0.3 is 6.18 Å². The highest BCUT2D eigenvalue weighted by atomic mass is 19.4. The summed E-state index contributed by atoms with van der Waals surface area (Å²) in [6, 6.07) is 8.83. The number of nitrogens with two attached hydrogens (primary N) is 1. The van der Waals surface area contributed by atoms with Crippen LogP contribution in [0.5, 0.6) is 0 Å². The average molecular weight is 393 g/mol. The predicted octanol–water partition coefficient (Wildman–Crippen LogP) is 3.26. The van der Waals surface area contributed by atoms with E-state index in [1.165, 1.54) is 15.7 Å². The Bertz CT molecular complexity index is 847. The molecule has 28 heavy (non-hydrogen) atoms. The van der Waals surface area contributed by atoms with Crippen LogP contribution in [-0.2, 0) is 24.7 Å². The van der Waals surface area contributed by atoms with Crippen LogP contribution in [0.25, 0.3) is 0 Å². The number of aromatic nitrogens is 3. The van der Waals surface area contributed by atoms with Crippen LogP contribution in [0.15, 0.2) is 24.3 Å². The SMILES string of the molecule is Cc1cccc([C@]2(CN)CCCC(N3CCn4c(nnc4C(F)(F)F)C3)C2)c1. The van der Waals surface area contributed by atoms with Crippen LogP contribution < -0.4 is 5.73 Å². The number of benzene rings is 1. The molecule has 2 N–H and O–H groups in total. The molecule has 152 valence electrons. The maximum atomic E-state index is 13.1. The van der Waals surface area contributed by atoms with Gasteiger partial charge in [0.15, 0.2) is 0 Å². The summed E-state index contributed by atoms with van der Waals surface area (Å²) in [4.78, 5) is 2.27. The summed E-state index contributed by atoms with van der Waals surface area (Å²) in [6.07, 6.45) is -0.391. The summed E-state index contributed by atoms with van der Waals surface area (Å²) in [5.41, 5.74) is 8.70. The van der Waals surface area contributed by atoms with E-state index in [9.17, 15) is 13.2 Å². The molecule has 1 aliphatic carbocycles. The highest BCUT2D eigenvalue weighted by molar-refractivity contribution is 5.31. The lowest BCUT2D eigenvalue weighted by Crippen LogP contribution is -2.49. The van der Waals surface area contributed by atoms with E-state index in [2.05, 4.69) is 46.3 Å². The molecule has 0 bridgehead atoms. The number of fused-ring (bicyclic) bond motifs is 1. The van der Waals surface area contributed by atoms with Gasteiger partial charge < -0.3 is 10.3 Å². The molecule has 0 saturated heterocycles. The van der Waals surface area contributed by atoms with Crippen molar-refractivity contribution in [3.63, 3.8) is 0 Å². The lowest BCUT2D eigenvalue weighted by Gasteiger charge is -2.45. The largest absolute Gasteiger partial charge is 0.451 e. The molecule has 8 heteroatoms. The number of rotatable bonds is 3. The zero-order valence-electron chi connectivity index (χ0n) is 16.0. The van der Waals surface area contributed by atoms with E-state index in [0.29, 0.717) is 25.5 Å². The first-order valence-corrected chi connectivity index (χ1v) is 9.83. The van der Waals surface area contributed by atoms with E-state index in [-0.39, 0.29) is 18.0 Å². The molecule has 1 fully saturated rings. The molecule has 2 atom stereocenters. The monoisotopic (exact) mass is 393 g/mol. The van der Waals surface area contributed by atoms with Crippen LogP contribution >= 0.6 is 0 Å². The van der Waals surface area contributed by atoms with Gasteiger partial charge in [0, 0.05) is 31.1 Å². The Labute approximate surface area is 162 Å². The molecule has 1 saturated carbocycles. The second kappa shape index (κ2) is 7.15. The normalized spacial score (nSPS) is 26.2. The fraction of sp³-hybridized carbons (Fsp3) is 0.600. The standard InChI is InChI=1S/C20H26F3N5/c1-14-4-2-5-15(10-14)19(13-24)7-3-6-16(11-19)27-8-9-28-17(12-27)25-26-18(28)20(21,22)23/h2,4-5,10,16H,3,6-9,11-13,24H2,1H3/t16?,19-/m1/s1. The topological polar surface area (TPSA) is 60.0 Å². The molecule has 4 rings (SSSR count). The maximum Gasteiger partial charge on any atom is 0.451 e. The Morgan fingerprint density at radius 3 is 2.79 bits per heavy atom. The summed E-state index contributed by atoms with van der Waals surface area (Å²) < 4.78 is 40.5. The molecule has 5 nitrogen and oxygen atoms in total. The summed E-state index contributed by atoms with van der Waals surface area (Å²) in [5.74, 6) is -0.486. The molecular formula is C20H26F3N5. The molecule has 1 aromatic heterocycles. The van der Waals surface area contributed by atoms with Gasteiger partial charge in [-0.1, -0.05) is 36.2 Å². The minimum absolute atomic E-state index is 0.0722. The van der Waals surface area contributed by atoms with E-state index < -0.39 is 12.0 Å². The van der Waals surface area contributed by atoms with Gasteiger partial charge in [-0.05, 0) is 31.7 Å². The number of nitrogens with zero attached hydrogens (tertiary/aromatic N) is 4. The first-order chi connectivity index (χ1) is 13.3. The zero-order valence-corrected chi connectivity index (χ0v) is 16.0. The van der Waals surface area contributed by atoms with Crippen molar-refractivity contribution >= 4 is 0 Å². The van der Waals surface area contributed by atoms with Crippen LogP contribution in [0.1, 0.15) is 48.5 Å². The van der Waals surface area contributed by atoms with Gasteiger partial charge in [-0.3, -0.25) is 4.90 Å². The second-order valence-electron chi connectivity index (χ2n) is 8.16. The van der Waals surface area contributed by atoms with Crippen molar-refractivity contribution in [1.29, 1.82) is 0 Å². The Morgan fingerprint density at radius 2 is 2.07 bits per heavy atom. The lowest BCUT2D eigenvalue weighted by atomic mass is 9.67. The van der Waals surface area contributed by atoms with Gasteiger partial charge in [0.2, 0.25) is 5.82 Å². The number of aryl methyl sites for hydroxylation is 1. The zero-order chi connectivity index (χ0) is 19.9. The molecular weight excluding hydrogens is 367 g/mol. The number of halogens is 3. The van der Waals surface area contributed by atoms with Crippen LogP contribution in [0, 0.1) is 6.92 Å². The molecule has 1 unspecified atom stereocenters. The Balaban J connectivity index is 1.55. The first-order valence-electron chi connectivity index (χ1n) is 9.83. The van der Waals surface area contributed by atoms with Crippen molar-refractivity contribution in [3.8, 4) is 0 Å². The van der Waals surface area contributed by atoms with Crippen LogP contribution in [0.2, 0.25) is 0 Å². The van der Waals surface area contributed by atoms with Crippen molar-refractivity contribution in [3.05, 3.63) is 47.0 Å². The molecule has 2 heterocycles. The van der Waals surface area contributed by atoms with Gasteiger partial charge in [-0.15, -0.1) is 10.2 Å². The first kappa shape index (κ1) is 19.4. The lowest BCUT2D eigenvalue weighted by molar-refractivity contribution is -0.148. The Hall–Kier alpha value is -1.93. The van der Waals surface area contributed by atoms with Crippen molar-refractivity contribution < 1.29 is 13.2 Å². The van der Waals surface area contributed by atoms with E-state index in [4.69, 9.17) is 5.73 Å². The molecule has 1 aromatic carbocycles. The van der Waals surface area contributed by atoms with Crippen LogP contribution in [-0.4, -0.2) is 38.8 Å². The fourth-order valence-corrected chi connectivity index (χ4v) is 4.88.